The van der Waals surface area contributed by atoms with Crippen molar-refractivity contribution in [3.63, 3.8) is 0 Å². The smallest absolute Gasteiger partial charge is 0.0150 e. The lowest BCUT2D eigenvalue weighted by molar-refractivity contribution is 0.0497. The predicted octanol–water partition coefficient (Wildman–Crippen LogP) is 2.23. The molecule has 2 nitrogen and oxygen atoms in total. The van der Waals surface area contributed by atoms with Crippen molar-refractivity contribution in [2.75, 3.05) is 13.1 Å². The van der Waals surface area contributed by atoms with E-state index in [9.17, 15) is 0 Å². The van der Waals surface area contributed by atoms with Crippen LogP contribution in [0.5, 0.6) is 0 Å². The van der Waals surface area contributed by atoms with Crippen LogP contribution in [-0.2, 0) is 0 Å². The largest absolute Gasteiger partial charge is 0.330 e. The van der Waals surface area contributed by atoms with Gasteiger partial charge in [0.1, 0.15) is 0 Å². The Bertz CT molecular complexity index is 197. The fraction of sp³-hybridized carbons (Fsp3) is 1.00. The second-order valence-electron chi connectivity index (χ2n) is 5.68. The highest BCUT2D eigenvalue weighted by Gasteiger charge is 2.40. The molecule has 2 unspecified atom stereocenters. The van der Waals surface area contributed by atoms with Crippen LogP contribution in [0.1, 0.15) is 46.0 Å². The molecule has 0 aromatic rings. The summed E-state index contributed by atoms with van der Waals surface area (Å²) in [7, 11) is 0. The van der Waals surface area contributed by atoms with Crippen molar-refractivity contribution in [1.82, 2.24) is 4.90 Å². The number of nitrogens with zero attached hydrogens (tertiary/aromatic N) is 1. The van der Waals surface area contributed by atoms with Gasteiger partial charge < -0.3 is 5.73 Å². The Morgan fingerprint density at radius 3 is 2.53 bits per heavy atom. The topological polar surface area (TPSA) is 29.3 Å². The molecule has 1 aliphatic carbocycles. The normalized spacial score (nSPS) is 33.6. The molecular formula is C13H26N2. The van der Waals surface area contributed by atoms with Crippen LogP contribution in [0.2, 0.25) is 0 Å². The van der Waals surface area contributed by atoms with Crippen molar-refractivity contribution in [2.24, 2.45) is 17.6 Å². The molecule has 2 N–H and O–H groups in total. The van der Waals surface area contributed by atoms with Gasteiger partial charge in [-0.2, -0.15) is 0 Å². The summed E-state index contributed by atoms with van der Waals surface area (Å²) in [4.78, 5) is 2.80. The first-order valence-corrected chi connectivity index (χ1v) is 6.70. The van der Waals surface area contributed by atoms with E-state index in [4.69, 9.17) is 5.73 Å². The minimum Gasteiger partial charge on any atom is -0.330 e. The summed E-state index contributed by atoms with van der Waals surface area (Å²) in [6.07, 6.45) is 6.91. The average Bonchev–Trinajstić information content (AvgIpc) is 3.00. The molecule has 0 aromatic carbocycles. The standard InChI is InChI=1S/C13H26N2/c1-10(2)13-11(7-8-14)4-3-9-15(13)12-5-6-12/h10-13H,3-9,14H2,1-2H3. The minimum atomic E-state index is 0.794. The summed E-state index contributed by atoms with van der Waals surface area (Å²) in [5.74, 6) is 1.66. The van der Waals surface area contributed by atoms with Crippen molar-refractivity contribution in [1.29, 1.82) is 0 Å². The molecule has 1 saturated heterocycles. The lowest BCUT2D eigenvalue weighted by atomic mass is 9.80. The monoisotopic (exact) mass is 210 g/mol. The van der Waals surface area contributed by atoms with E-state index in [1.54, 1.807) is 0 Å². The molecule has 1 aliphatic heterocycles. The minimum absolute atomic E-state index is 0.794. The van der Waals surface area contributed by atoms with Gasteiger partial charge in [0.05, 0.1) is 0 Å². The number of hydrogen-bond donors (Lipinski definition) is 1. The van der Waals surface area contributed by atoms with E-state index in [2.05, 4.69) is 18.7 Å². The molecule has 2 fully saturated rings. The summed E-state index contributed by atoms with van der Waals surface area (Å²) >= 11 is 0. The number of nitrogens with two attached hydrogens (primary N) is 1. The Balaban J connectivity index is 2.03. The zero-order chi connectivity index (χ0) is 10.8. The SMILES string of the molecule is CC(C)C1C(CCN)CCCN1C1CC1. The van der Waals surface area contributed by atoms with Gasteiger partial charge in [-0.15, -0.1) is 0 Å². The van der Waals surface area contributed by atoms with Crippen LogP contribution in [0.4, 0.5) is 0 Å². The Kier molecular flexibility index (Phi) is 3.68. The molecule has 0 bridgehead atoms. The van der Waals surface area contributed by atoms with Gasteiger partial charge in [0.15, 0.2) is 0 Å². The fourth-order valence-electron chi connectivity index (χ4n) is 3.42. The summed E-state index contributed by atoms with van der Waals surface area (Å²) in [5.41, 5.74) is 5.74. The maximum Gasteiger partial charge on any atom is 0.0150 e. The zero-order valence-electron chi connectivity index (χ0n) is 10.3. The van der Waals surface area contributed by atoms with Crippen LogP contribution in [0.3, 0.4) is 0 Å². The van der Waals surface area contributed by atoms with Gasteiger partial charge in [-0.3, -0.25) is 4.90 Å². The Morgan fingerprint density at radius 1 is 1.27 bits per heavy atom. The quantitative estimate of drug-likeness (QED) is 0.771. The number of rotatable bonds is 4. The predicted molar refractivity (Wildman–Crippen MR) is 64.7 cm³/mol. The molecular weight excluding hydrogens is 184 g/mol. The van der Waals surface area contributed by atoms with E-state index < -0.39 is 0 Å². The van der Waals surface area contributed by atoms with Crippen LogP contribution < -0.4 is 5.73 Å². The molecule has 0 aromatic heterocycles. The summed E-state index contributed by atoms with van der Waals surface area (Å²) in [6.45, 7) is 6.98. The molecule has 1 heterocycles. The molecule has 2 heteroatoms. The first-order chi connectivity index (χ1) is 7.24. The molecule has 0 amide bonds. The number of hydrogen-bond acceptors (Lipinski definition) is 2. The van der Waals surface area contributed by atoms with Crippen LogP contribution in [0.15, 0.2) is 0 Å². The Morgan fingerprint density at radius 2 is 2.00 bits per heavy atom. The lowest BCUT2D eigenvalue weighted by Gasteiger charge is -2.44. The third kappa shape index (κ3) is 2.54. The second-order valence-corrected chi connectivity index (χ2v) is 5.68. The third-order valence-electron chi connectivity index (χ3n) is 4.09. The molecule has 88 valence electrons. The molecule has 0 radical (unpaired) electrons. The van der Waals surface area contributed by atoms with E-state index in [0.29, 0.717) is 0 Å². The Hall–Kier alpha value is -0.0800. The van der Waals surface area contributed by atoms with Crippen LogP contribution in [0.25, 0.3) is 0 Å². The van der Waals surface area contributed by atoms with Crippen molar-refractivity contribution in [3.8, 4) is 0 Å². The van der Waals surface area contributed by atoms with Crippen LogP contribution in [0, 0.1) is 11.8 Å². The van der Waals surface area contributed by atoms with Gasteiger partial charge in [-0.1, -0.05) is 13.8 Å². The van der Waals surface area contributed by atoms with Gasteiger partial charge in [0.2, 0.25) is 0 Å². The van der Waals surface area contributed by atoms with Crippen molar-refractivity contribution in [2.45, 2.75) is 58.0 Å². The van der Waals surface area contributed by atoms with E-state index in [1.165, 1.54) is 38.6 Å². The molecule has 15 heavy (non-hydrogen) atoms. The van der Waals surface area contributed by atoms with Crippen molar-refractivity contribution in [3.05, 3.63) is 0 Å². The molecule has 2 aliphatic rings. The first-order valence-electron chi connectivity index (χ1n) is 6.70. The highest BCUT2D eigenvalue weighted by molar-refractivity contribution is 4.95. The van der Waals surface area contributed by atoms with E-state index in [-0.39, 0.29) is 0 Å². The lowest BCUT2D eigenvalue weighted by Crippen LogP contribution is -2.49. The van der Waals surface area contributed by atoms with Gasteiger partial charge in [-0.05, 0) is 57.0 Å². The van der Waals surface area contributed by atoms with Crippen LogP contribution in [-0.4, -0.2) is 30.1 Å². The maximum absolute atomic E-state index is 5.74. The van der Waals surface area contributed by atoms with Crippen molar-refractivity contribution >= 4 is 0 Å². The number of likely N-dealkylation sites (tertiary alicyclic amines) is 1. The van der Waals surface area contributed by atoms with E-state index >= 15 is 0 Å². The third-order valence-corrected chi connectivity index (χ3v) is 4.09. The average molecular weight is 210 g/mol. The summed E-state index contributed by atoms with van der Waals surface area (Å²) in [5, 5.41) is 0. The summed E-state index contributed by atoms with van der Waals surface area (Å²) in [6, 6.07) is 1.74. The Labute approximate surface area is 94.2 Å². The van der Waals surface area contributed by atoms with Crippen molar-refractivity contribution < 1.29 is 0 Å². The molecule has 1 saturated carbocycles. The fourth-order valence-corrected chi connectivity index (χ4v) is 3.42. The van der Waals surface area contributed by atoms with Gasteiger partial charge in [-0.25, -0.2) is 0 Å². The maximum atomic E-state index is 5.74. The zero-order valence-corrected chi connectivity index (χ0v) is 10.3. The molecule has 2 atom stereocenters. The second kappa shape index (κ2) is 4.84. The van der Waals surface area contributed by atoms with Gasteiger partial charge in [0.25, 0.3) is 0 Å². The van der Waals surface area contributed by atoms with Crippen LogP contribution >= 0.6 is 0 Å². The number of piperidine rings is 1. The van der Waals surface area contributed by atoms with E-state index in [0.717, 1.165) is 30.5 Å². The van der Waals surface area contributed by atoms with Gasteiger partial charge >= 0.3 is 0 Å². The molecule has 0 spiro atoms. The summed E-state index contributed by atoms with van der Waals surface area (Å²) < 4.78 is 0. The van der Waals surface area contributed by atoms with E-state index in [1.807, 2.05) is 0 Å². The van der Waals surface area contributed by atoms with Gasteiger partial charge in [0, 0.05) is 12.1 Å². The first kappa shape index (κ1) is 11.4. The highest BCUT2D eigenvalue weighted by Crippen LogP contribution is 2.38. The molecule has 2 rings (SSSR count). The highest BCUT2D eigenvalue weighted by atomic mass is 15.2.